The van der Waals surface area contributed by atoms with Gasteiger partial charge in [-0.25, -0.2) is 0 Å². The predicted octanol–water partition coefficient (Wildman–Crippen LogP) is 1.95. The Hall–Kier alpha value is -0.540. The Labute approximate surface area is 93.5 Å². The molecule has 1 N–H and O–H groups in total. The van der Waals surface area contributed by atoms with Crippen molar-refractivity contribution in [2.45, 2.75) is 51.9 Å². The van der Waals surface area contributed by atoms with Crippen LogP contribution in [-0.4, -0.2) is 35.9 Å². The highest BCUT2D eigenvalue weighted by atomic mass is 16.5. The fourth-order valence-corrected chi connectivity index (χ4v) is 1.74. The molecule has 88 valence electrons. The van der Waals surface area contributed by atoms with E-state index in [0.29, 0.717) is 6.04 Å². The van der Waals surface area contributed by atoms with Crippen LogP contribution in [0.4, 0.5) is 0 Å². The second kappa shape index (κ2) is 4.99. The van der Waals surface area contributed by atoms with Crippen molar-refractivity contribution in [1.82, 2.24) is 10.2 Å². The van der Waals surface area contributed by atoms with Gasteiger partial charge in [0.15, 0.2) is 0 Å². The largest absolute Gasteiger partial charge is 0.369 e. The molecular formula is C12H24N2O. The standard InChI is InChI=1S/C12H24N2O/c1-6-14(12(3,4)5)9-11-13-10(2)7-8-15-11/h6,10-11,13H,1,7-9H2,2-5H3. The topological polar surface area (TPSA) is 24.5 Å². The monoisotopic (exact) mass is 212 g/mol. The van der Waals surface area contributed by atoms with Crippen molar-refractivity contribution < 1.29 is 4.74 Å². The number of hydrogen-bond donors (Lipinski definition) is 1. The molecule has 0 bridgehead atoms. The molecule has 0 spiro atoms. The molecule has 1 heterocycles. The first-order chi connectivity index (χ1) is 6.93. The van der Waals surface area contributed by atoms with E-state index in [1.165, 1.54) is 0 Å². The Kier molecular flexibility index (Phi) is 4.17. The van der Waals surface area contributed by atoms with Gasteiger partial charge in [0.05, 0.1) is 13.2 Å². The molecule has 15 heavy (non-hydrogen) atoms. The third kappa shape index (κ3) is 3.84. The van der Waals surface area contributed by atoms with Crippen LogP contribution in [0.2, 0.25) is 0 Å². The number of nitrogens with one attached hydrogen (secondary N) is 1. The van der Waals surface area contributed by atoms with Gasteiger partial charge >= 0.3 is 0 Å². The van der Waals surface area contributed by atoms with Crippen molar-refractivity contribution in [3.05, 3.63) is 12.8 Å². The maximum absolute atomic E-state index is 5.68. The third-order valence-corrected chi connectivity index (χ3v) is 2.78. The zero-order valence-electron chi connectivity index (χ0n) is 10.4. The molecule has 1 aliphatic heterocycles. The maximum atomic E-state index is 5.68. The van der Waals surface area contributed by atoms with Crippen molar-refractivity contribution >= 4 is 0 Å². The zero-order chi connectivity index (χ0) is 11.5. The lowest BCUT2D eigenvalue weighted by Crippen LogP contribution is -2.52. The van der Waals surface area contributed by atoms with Gasteiger partial charge in [0.1, 0.15) is 6.23 Å². The zero-order valence-corrected chi connectivity index (χ0v) is 10.4. The van der Waals surface area contributed by atoms with Crippen molar-refractivity contribution in [3.8, 4) is 0 Å². The Morgan fingerprint density at radius 3 is 2.67 bits per heavy atom. The quantitative estimate of drug-likeness (QED) is 0.774. The van der Waals surface area contributed by atoms with Gasteiger partial charge in [0.2, 0.25) is 0 Å². The lowest BCUT2D eigenvalue weighted by atomic mass is 10.1. The van der Waals surface area contributed by atoms with E-state index >= 15 is 0 Å². The van der Waals surface area contributed by atoms with Crippen LogP contribution in [0.25, 0.3) is 0 Å². The minimum absolute atomic E-state index is 0.105. The maximum Gasteiger partial charge on any atom is 0.126 e. The minimum Gasteiger partial charge on any atom is -0.369 e. The predicted molar refractivity (Wildman–Crippen MR) is 63.6 cm³/mol. The van der Waals surface area contributed by atoms with Crippen LogP contribution < -0.4 is 5.32 Å². The van der Waals surface area contributed by atoms with Gasteiger partial charge in [-0.2, -0.15) is 0 Å². The highest BCUT2D eigenvalue weighted by Gasteiger charge is 2.24. The summed E-state index contributed by atoms with van der Waals surface area (Å²) < 4.78 is 5.68. The Balaban J connectivity index is 2.48. The van der Waals surface area contributed by atoms with E-state index in [0.717, 1.165) is 19.6 Å². The molecule has 1 saturated heterocycles. The van der Waals surface area contributed by atoms with Gasteiger partial charge < -0.3 is 9.64 Å². The SMILES string of the molecule is C=CN(CC1NC(C)CCO1)C(C)(C)C. The van der Waals surface area contributed by atoms with E-state index in [9.17, 15) is 0 Å². The normalized spacial score (nSPS) is 27.5. The average molecular weight is 212 g/mol. The van der Waals surface area contributed by atoms with Crippen molar-refractivity contribution in [2.75, 3.05) is 13.2 Å². The molecule has 1 rings (SSSR count). The fourth-order valence-electron chi connectivity index (χ4n) is 1.74. The molecular weight excluding hydrogens is 188 g/mol. The second-order valence-electron chi connectivity index (χ2n) is 5.22. The molecule has 3 nitrogen and oxygen atoms in total. The molecule has 2 unspecified atom stereocenters. The number of nitrogens with zero attached hydrogens (tertiary/aromatic N) is 1. The van der Waals surface area contributed by atoms with Crippen LogP contribution in [0.15, 0.2) is 12.8 Å². The molecule has 1 aliphatic rings. The van der Waals surface area contributed by atoms with E-state index in [1.807, 2.05) is 6.20 Å². The smallest absolute Gasteiger partial charge is 0.126 e. The summed E-state index contributed by atoms with van der Waals surface area (Å²) in [4.78, 5) is 2.21. The molecule has 0 aromatic carbocycles. The Morgan fingerprint density at radius 2 is 2.20 bits per heavy atom. The van der Waals surface area contributed by atoms with Gasteiger partial charge in [-0.05, 0) is 40.3 Å². The summed E-state index contributed by atoms with van der Waals surface area (Å²) in [6.07, 6.45) is 3.12. The molecule has 0 aromatic rings. The fraction of sp³-hybridized carbons (Fsp3) is 0.833. The van der Waals surface area contributed by atoms with Crippen LogP contribution in [0.1, 0.15) is 34.1 Å². The lowest BCUT2D eigenvalue weighted by Gasteiger charge is -2.39. The molecule has 2 atom stereocenters. The first-order valence-electron chi connectivity index (χ1n) is 5.70. The first-order valence-corrected chi connectivity index (χ1v) is 5.70. The summed E-state index contributed by atoms with van der Waals surface area (Å²) >= 11 is 0. The molecule has 0 amide bonds. The van der Waals surface area contributed by atoms with Crippen LogP contribution in [-0.2, 0) is 4.74 Å². The summed E-state index contributed by atoms with van der Waals surface area (Å²) in [6.45, 7) is 14.3. The lowest BCUT2D eigenvalue weighted by molar-refractivity contribution is -0.0373. The van der Waals surface area contributed by atoms with E-state index in [1.54, 1.807) is 0 Å². The summed E-state index contributed by atoms with van der Waals surface area (Å²) in [5.41, 5.74) is 0.105. The summed E-state index contributed by atoms with van der Waals surface area (Å²) in [7, 11) is 0. The molecule has 0 aromatic heterocycles. The molecule has 1 fully saturated rings. The van der Waals surface area contributed by atoms with Crippen molar-refractivity contribution in [2.24, 2.45) is 0 Å². The van der Waals surface area contributed by atoms with Gasteiger partial charge in [0.25, 0.3) is 0 Å². The average Bonchev–Trinajstić information content (AvgIpc) is 2.12. The summed E-state index contributed by atoms with van der Waals surface area (Å²) in [6, 6.07) is 0.551. The van der Waals surface area contributed by atoms with Gasteiger partial charge in [-0.1, -0.05) is 6.58 Å². The summed E-state index contributed by atoms with van der Waals surface area (Å²) in [5.74, 6) is 0. The van der Waals surface area contributed by atoms with E-state index in [4.69, 9.17) is 4.74 Å². The highest BCUT2D eigenvalue weighted by Crippen LogP contribution is 2.15. The van der Waals surface area contributed by atoms with Crippen molar-refractivity contribution in [3.63, 3.8) is 0 Å². The van der Waals surface area contributed by atoms with Crippen LogP contribution in [0.5, 0.6) is 0 Å². The molecule has 0 saturated carbocycles. The Bertz CT molecular complexity index is 210. The van der Waals surface area contributed by atoms with E-state index in [2.05, 4.69) is 44.5 Å². The minimum atomic E-state index is 0.105. The van der Waals surface area contributed by atoms with Gasteiger partial charge in [0, 0.05) is 11.6 Å². The van der Waals surface area contributed by atoms with Crippen LogP contribution in [0, 0.1) is 0 Å². The van der Waals surface area contributed by atoms with Gasteiger partial charge in [-0.15, -0.1) is 0 Å². The van der Waals surface area contributed by atoms with E-state index < -0.39 is 0 Å². The van der Waals surface area contributed by atoms with Gasteiger partial charge in [-0.3, -0.25) is 5.32 Å². The second-order valence-corrected chi connectivity index (χ2v) is 5.22. The Morgan fingerprint density at radius 1 is 1.53 bits per heavy atom. The number of rotatable bonds is 3. The summed E-state index contributed by atoms with van der Waals surface area (Å²) in [5, 5.41) is 3.44. The first kappa shape index (κ1) is 12.5. The third-order valence-electron chi connectivity index (χ3n) is 2.78. The molecule has 3 heteroatoms. The molecule has 0 radical (unpaired) electrons. The highest BCUT2D eigenvalue weighted by molar-refractivity contribution is 4.86. The number of ether oxygens (including phenoxy) is 1. The number of hydrogen-bond acceptors (Lipinski definition) is 3. The molecule has 0 aliphatic carbocycles. The van der Waals surface area contributed by atoms with Crippen molar-refractivity contribution in [1.29, 1.82) is 0 Å². The van der Waals surface area contributed by atoms with E-state index in [-0.39, 0.29) is 11.8 Å². The van der Waals surface area contributed by atoms with Crippen LogP contribution >= 0.6 is 0 Å². The van der Waals surface area contributed by atoms with Crippen LogP contribution in [0.3, 0.4) is 0 Å².